The van der Waals surface area contributed by atoms with Gasteiger partial charge >= 0.3 is 5.97 Å². The first-order valence-corrected chi connectivity index (χ1v) is 11.5. The zero-order valence-corrected chi connectivity index (χ0v) is 20.2. The van der Waals surface area contributed by atoms with E-state index >= 15 is 0 Å². The maximum atomic E-state index is 12.4. The van der Waals surface area contributed by atoms with Gasteiger partial charge in [-0.1, -0.05) is 41.4 Å². The molecular formula is C29H23ClN2O4. The Kier molecular flexibility index (Phi) is 8.11. The summed E-state index contributed by atoms with van der Waals surface area (Å²) >= 11 is 5.89. The summed E-state index contributed by atoms with van der Waals surface area (Å²) in [4.78, 5) is 24.6. The van der Waals surface area contributed by atoms with Crippen molar-refractivity contribution in [2.24, 2.45) is 5.10 Å². The molecule has 0 saturated carbocycles. The highest BCUT2D eigenvalue weighted by molar-refractivity contribution is 6.30. The second-order valence-corrected chi connectivity index (χ2v) is 8.40. The second-order valence-electron chi connectivity index (χ2n) is 7.97. The molecule has 36 heavy (non-hydrogen) atoms. The number of amides is 1. The molecule has 0 aliphatic rings. The number of esters is 1. The van der Waals surface area contributed by atoms with Crippen LogP contribution in [0.4, 0.5) is 0 Å². The number of aryl methyl sites for hydroxylation is 1. The van der Waals surface area contributed by atoms with Crippen molar-refractivity contribution in [1.29, 1.82) is 0 Å². The molecular weight excluding hydrogens is 476 g/mol. The monoisotopic (exact) mass is 498 g/mol. The number of benzene rings is 4. The Balaban J connectivity index is 1.25. The third-order valence-corrected chi connectivity index (χ3v) is 5.41. The number of nitrogens with zero attached hydrogens (tertiary/aromatic N) is 1. The molecule has 1 N–H and O–H groups in total. The largest absolute Gasteiger partial charge is 0.489 e. The molecule has 4 rings (SSSR count). The van der Waals surface area contributed by atoms with E-state index in [4.69, 9.17) is 21.1 Å². The van der Waals surface area contributed by atoms with Crippen LogP contribution in [0.5, 0.6) is 11.5 Å². The average Bonchev–Trinajstić information content (AvgIpc) is 2.89. The molecule has 0 aliphatic heterocycles. The molecule has 0 heterocycles. The fourth-order valence-corrected chi connectivity index (χ4v) is 3.37. The Morgan fingerprint density at radius 3 is 2.25 bits per heavy atom. The standard InChI is InChI=1S/C29H23ClN2O4/c1-20-3-2-4-24(17-20)29(34)36-27-13-7-21(8-14-27)18-31-32-28(33)23-9-15-26(16-10-23)35-19-22-5-11-25(30)12-6-22/h2-18H,19H2,1H3,(H,32,33)/b31-18-. The molecule has 6 nitrogen and oxygen atoms in total. The molecule has 0 spiro atoms. The van der Waals surface area contributed by atoms with E-state index in [0.717, 1.165) is 16.7 Å². The first kappa shape index (κ1) is 24.7. The van der Waals surface area contributed by atoms with E-state index in [1.807, 2.05) is 43.3 Å². The van der Waals surface area contributed by atoms with Crippen molar-refractivity contribution in [3.8, 4) is 11.5 Å². The van der Waals surface area contributed by atoms with Crippen molar-refractivity contribution < 1.29 is 19.1 Å². The van der Waals surface area contributed by atoms with Gasteiger partial charge in [-0.15, -0.1) is 0 Å². The molecule has 180 valence electrons. The van der Waals surface area contributed by atoms with Crippen molar-refractivity contribution in [2.75, 3.05) is 0 Å². The van der Waals surface area contributed by atoms with Crippen molar-refractivity contribution >= 4 is 29.7 Å². The smallest absolute Gasteiger partial charge is 0.343 e. The number of ether oxygens (including phenoxy) is 2. The van der Waals surface area contributed by atoms with Crippen LogP contribution in [0.2, 0.25) is 5.02 Å². The van der Waals surface area contributed by atoms with Gasteiger partial charge in [0.05, 0.1) is 11.8 Å². The van der Waals surface area contributed by atoms with E-state index in [9.17, 15) is 9.59 Å². The summed E-state index contributed by atoms with van der Waals surface area (Å²) in [5.41, 5.74) is 6.14. The van der Waals surface area contributed by atoms with E-state index in [0.29, 0.717) is 34.3 Å². The van der Waals surface area contributed by atoms with Gasteiger partial charge in [0.25, 0.3) is 5.91 Å². The molecule has 0 fully saturated rings. The summed E-state index contributed by atoms with van der Waals surface area (Å²) in [5, 5.41) is 4.67. The van der Waals surface area contributed by atoms with Crippen LogP contribution in [0.15, 0.2) is 102 Å². The number of carbonyl (C=O) groups excluding carboxylic acids is 2. The Bertz CT molecular complexity index is 1370. The normalized spacial score (nSPS) is 10.7. The van der Waals surface area contributed by atoms with E-state index in [-0.39, 0.29) is 5.91 Å². The maximum absolute atomic E-state index is 12.4. The number of carbonyl (C=O) groups is 2. The number of hydrazone groups is 1. The topological polar surface area (TPSA) is 77.0 Å². The predicted molar refractivity (Wildman–Crippen MR) is 140 cm³/mol. The van der Waals surface area contributed by atoms with Gasteiger partial charge in [0.1, 0.15) is 18.1 Å². The number of nitrogens with one attached hydrogen (secondary N) is 1. The van der Waals surface area contributed by atoms with Crippen molar-refractivity contribution in [3.05, 3.63) is 130 Å². The minimum absolute atomic E-state index is 0.348. The van der Waals surface area contributed by atoms with Crippen molar-refractivity contribution in [2.45, 2.75) is 13.5 Å². The van der Waals surface area contributed by atoms with E-state index < -0.39 is 5.97 Å². The number of hydrogen-bond donors (Lipinski definition) is 1. The highest BCUT2D eigenvalue weighted by atomic mass is 35.5. The summed E-state index contributed by atoms with van der Waals surface area (Å²) in [5.74, 6) is 0.294. The number of halogens is 1. The lowest BCUT2D eigenvalue weighted by Gasteiger charge is -2.07. The third-order valence-electron chi connectivity index (χ3n) is 5.16. The van der Waals surface area contributed by atoms with Crippen molar-refractivity contribution in [3.63, 3.8) is 0 Å². The van der Waals surface area contributed by atoms with Crippen LogP contribution in [0, 0.1) is 6.92 Å². The SMILES string of the molecule is Cc1cccc(C(=O)Oc2ccc(/C=N\NC(=O)c3ccc(OCc4ccc(Cl)cc4)cc3)cc2)c1. The van der Waals surface area contributed by atoms with Gasteiger partial charge in [-0.25, -0.2) is 10.2 Å². The zero-order chi connectivity index (χ0) is 25.3. The van der Waals surface area contributed by atoms with Crippen LogP contribution >= 0.6 is 11.6 Å². The van der Waals surface area contributed by atoms with Gasteiger partial charge in [0.15, 0.2) is 0 Å². The second kappa shape index (κ2) is 11.8. The Morgan fingerprint density at radius 1 is 0.861 bits per heavy atom. The summed E-state index contributed by atoms with van der Waals surface area (Å²) in [6.45, 7) is 2.31. The molecule has 0 saturated heterocycles. The van der Waals surface area contributed by atoms with Crippen molar-refractivity contribution in [1.82, 2.24) is 5.43 Å². The third kappa shape index (κ3) is 7.04. The number of rotatable bonds is 8. The molecule has 0 aliphatic carbocycles. The highest BCUT2D eigenvalue weighted by Crippen LogP contribution is 2.17. The molecule has 0 unspecified atom stereocenters. The molecule has 4 aromatic rings. The lowest BCUT2D eigenvalue weighted by atomic mass is 10.1. The fraction of sp³-hybridized carbons (Fsp3) is 0.0690. The van der Waals surface area contributed by atoms with E-state index in [2.05, 4.69) is 10.5 Å². The molecule has 0 radical (unpaired) electrons. The maximum Gasteiger partial charge on any atom is 0.343 e. The van der Waals surface area contributed by atoms with Gasteiger partial charge in [0.2, 0.25) is 0 Å². The van der Waals surface area contributed by atoms with Crippen LogP contribution < -0.4 is 14.9 Å². The lowest BCUT2D eigenvalue weighted by Crippen LogP contribution is -2.17. The van der Waals surface area contributed by atoms with Crippen LogP contribution in [-0.4, -0.2) is 18.1 Å². The van der Waals surface area contributed by atoms with Crippen LogP contribution in [0.1, 0.15) is 37.4 Å². The molecule has 0 atom stereocenters. The lowest BCUT2D eigenvalue weighted by molar-refractivity contribution is 0.0734. The first-order valence-electron chi connectivity index (χ1n) is 11.2. The minimum atomic E-state index is -0.422. The first-order chi connectivity index (χ1) is 17.5. The molecule has 4 aromatic carbocycles. The number of hydrogen-bond acceptors (Lipinski definition) is 5. The summed E-state index contributed by atoms with van der Waals surface area (Å²) in [7, 11) is 0. The fourth-order valence-electron chi connectivity index (χ4n) is 3.24. The molecule has 7 heteroatoms. The Labute approximate surface area is 214 Å². The molecule has 0 aromatic heterocycles. The minimum Gasteiger partial charge on any atom is -0.489 e. The van der Waals surface area contributed by atoms with Crippen LogP contribution in [0.3, 0.4) is 0 Å². The average molecular weight is 499 g/mol. The van der Waals surface area contributed by atoms with Gasteiger partial charge < -0.3 is 9.47 Å². The summed E-state index contributed by atoms with van der Waals surface area (Å²) in [6.07, 6.45) is 1.51. The van der Waals surface area contributed by atoms with E-state index in [1.165, 1.54) is 6.21 Å². The van der Waals surface area contributed by atoms with Crippen LogP contribution in [-0.2, 0) is 6.61 Å². The predicted octanol–water partition coefficient (Wildman–Crippen LogP) is 6.21. The molecule has 0 bridgehead atoms. The summed E-state index contributed by atoms with van der Waals surface area (Å²) < 4.78 is 11.1. The highest BCUT2D eigenvalue weighted by Gasteiger charge is 2.09. The Hall–Kier alpha value is -4.42. The Morgan fingerprint density at radius 2 is 1.56 bits per heavy atom. The van der Waals surface area contributed by atoms with Gasteiger partial charge in [-0.2, -0.15) is 5.10 Å². The van der Waals surface area contributed by atoms with Gasteiger partial charge in [-0.05, 0) is 90.8 Å². The zero-order valence-electron chi connectivity index (χ0n) is 19.5. The van der Waals surface area contributed by atoms with E-state index in [1.54, 1.807) is 60.7 Å². The molecule has 1 amide bonds. The van der Waals surface area contributed by atoms with Gasteiger partial charge in [0, 0.05) is 10.6 Å². The van der Waals surface area contributed by atoms with Gasteiger partial charge in [-0.3, -0.25) is 4.79 Å². The summed E-state index contributed by atoms with van der Waals surface area (Å²) in [6, 6.07) is 28.2. The quantitative estimate of drug-likeness (QED) is 0.135. The van der Waals surface area contributed by atoms with Crippen LogP contribution in [0.25, 0.3) is 0 Å².